The molecule has 3 heterocycles. The Morgan fingerprint density at radius 2 is 1.81 bits per heavy atom. The highest BCUT2D eigenvalue weighted by Crippen LogP contribution is 2.33. The van der Waals surface area contributed by atoms with Gasteiger partial charge in [-0.15, -0.1) is 0 Å². The average molecular weight is 488 g/mol. The molecule has 0 radical (unpaired) electrons. The van der Waals surface area contributed by atoms with Gasteiger partial charge in [0.05, 0.1) is 11.3 Å². The molecule has 5 rings (SSSR count). The molecule has 1 saturated heterocycles. The van der Waals surface area contributed by atoms with Crippen molar-refractivity contribution in [2.75, 3.05) is 26.5 Å². The van der Waals surface area contributed by atoms with Gasteiger partial charge in [0.2, 0.25) is 6.79 Å². The molecule has 0 saturated carbocycles. The van der Waals surface area contributed by atoms with Gasteiger partial charge in [0, 0.05) is 31.2 Å². The number of likely N-dealkylation sites (tertiary alicyclic amines) is 1. The number of nitrogens with zero attached hydrogens (tertiary/aromatic N) is 2. The van der Waals surface area contributed by atoms with Gasteiger partial charge in [-0.2, -0.15) is 0 Å². The Labute approximate surface area is 210 Å². The molecule has 0 spiro atoms. The van der Waals surface area contributed by atoms with Gasteiger partial charge in [0.15, 0.2) is 18.1 Å². The highest BCUT2D eigenvalue weighted by atomic mass is 16.7. The molecule has 2 aromatic carbocycles. The van der Waals surface area contributed by atoms with Crippen LogP contribution in [0.1, 0.15) is 46.1 Å². The first-order chi connectivity index (χ1) is 17.6. The molecule has 0 bridgehead atoms. The normalized spacial score (nSPS) is 15.0. The van der Waals surface area contributed by atoms with Gasteiger partial charge in [-0.25, -0.2) is 0 Å². The lowest BCUT2D eigenvalue weighted by Gasteiger charge is -2.32. The Kier molecular flexibility index (Phi) is 7.02. The fourth-order valence-electron chi connectivity index (χ4n) is 4.56. The number of pyridine rings is 1. The van der Waals surface area contributed by atoms with Crippen molar-refractivity contribution in [3.05, 3.63) is 83.2 Å². The van der Waals surface area contributed by atoms with E-state index in [-0.39, 0.29) is 31.1 Å². The van der Waals surface area contributed by atoms with Crippen molar-refractivity contribution in [3.8, 4) is 17.2 Å². The number of hydrogen-bond donors (Lipinski definition) is 1. The fraction of sp³-hybridized carbons (Fsp3) is 0.321. The van der Waals surface area contributed by atoms with E-state index in [1.807, 2.05) is 72.5 Å². The maximum atomic E-state index is 13.1. The van der Waals surface area contributed by atoms with Crippen molar-refractivity contribution in [2.24, 2.45) is 0 Å². The number of rotatable bonds is 7. The summed E-state index contributed by atoms with van der Waals surface area (Å²) in [6.07, 6.45) is 1.49. The van der Waals surface area contributed by atoms with Crippen LogP contribution in [-0.2, 0) is 11.3 Å². The molecular weight excluding hydrogens is 458 g/mol. The molecule has 0 aliphatic carbocycles. The zero-order valence-corrected chi connectivity index (χ0v) is 20.2. The van der Waals surface area contributed by atoms with Gasteiger partial charge in [-0.3, -0.25) is 14.6 Å². The van der Waals surface area contributed by atoms with Gasteiger partial charge in [-0.1, -0.05) is 24.3 Å². The Morgan fingerprint density at radius 1 is 1.03 bits per heavy atom. The van der Waals surface area contributed by atoms with E-state index in [1.165, 1.54) is 0 Å². The van der Waals surface area contributed by atoms with Crippen LogP contribution in [0.5, 0.6) is 17.2 Å². The Morgan fingerprint density at radius 3 is 2.61 bits per heavy atom. The zero-order valence-electron chi connectivity index (χ0n) is 20.2. The second-order valence-corrected chi connectivity index (χ2v) is 9.01. The molecular formula is C28H29N3O5. The van der Waals surface area contributed by atoms with Crippen molar-refractivity contribution >= 4 is 11.8 Å². The standard InChI is InChI=1S/C28H29N3O5/c1-19-7-9-23(28(33)29-16-20-8-10-24-25(15-20)36-18-35-24)27(30-19)21-11-13-31(14-12-21)26(32)17-34-22-5-3-2-4-6-22/h2-10,15,21H,11-14,16-18H2,1H3,(H,29,33). The monoisotopic (exact) mass is 487 g/mol. The van der Waals surface area contributed by atoms with Crippen molar-refractivity contribution in [1.82, 2.24) is 15.2 Å². The zero-order chi connectivity index (χ0) is 24.9. The molecule has 2 aliphatic rings. The lowest BCUT2D eigenvalue weighted by atomic mass is 9.89. The quantitative estimate of drug-likeness (QED) is 0.545. The number of para-hydroxylation sites is 1. The Balaban J connectivity index is 1.19. The van der Waals surface area contributed by atoms with E-state index in [0.29, 0.717) is 42.4 Å². The molecule has 0 unspecified atom stereocenters. The summed E-state index contributed by atoms with van der Waals surface area (Å²) in [5.74, 6) is 2.00. The number of aromatic nitrogens is 1. The summed E-state index contributed by atoms with van der Waals surface area (Å²) < 4.78 is 16.4. The summed E-state index contributed by atoms with van der Waals surface area (Å²) in [6.45, 7) is 3.75. The molecule has 3 aromatic rings. The number of carbonyl (C=O) groups excluding carboxylic acids is 2. The largest absolute Gasteiger partial charge is 0.484 e. The molecule has 186 valence electrons. The number of benzene rings is 2. The van der Waals surface area contributed by atoms with E-state index in [4.69, 9.17) is 19.2 Å². The summed E-state index contributed by atoms with van der Waals surface area (Å²) in [5.41, 5.74) is 3.18. The van der Waals surface area contributed by atoms with Crippen LogP contribution in [0.15, 0.2) is 60.7 Å². The number of piperidine rings is 1. The second kappa shape index (κ2) is 10.7. The lowest BCUT2D eigenvalue weighted by Crippen LogP contribution is -2.41. The first kappa shape index (κ1) is 23.7. The molecule has 8 heteroatoms. The van der Waals surface area contributed by atoms with Crippen LogP contribution in [0.3, 0.4) is 0 Å². The number of hydrogen-bond acceptors (Lipinski definition) is 6. The van der Waals surface area contributed by atoms with Crippen LogP contribution in [0, 0.1) is 6.92 Å². The molecule has 1 aromatic heterocycles. The number of carbonyl (C=O) groups is 2. The minimum Gasteiger partial charge on any atom is -0.484 e. The minimum absolute atomic E-state index is 0.0187. The third-order valence-corrected chi connectivity index (χ3v) is 6.54. The second-order valence-electron chi connectivity index (χ2n) is 9.01. The van der Waals surface area contributed by atoms with Crippen LogP contribution < -0.4 is 19.5 Å². The van der Waals surface area contributed by atoms with E-state index in [2.05, 4.69) is 5.32 Å². The summed E-state index contributed by atoms with van der Waals surface area (Å²) in [4.78, 5) is 32.3. The number of ether oxygens (including phenoxy) is 3. The Bertz CT molecular complexity index is 1240. The predicted octanol–water partition coefficient (Wildman–Crippen LogP) is 3.83. The molecule has 36 heavy (non-hydrogen) atoms. The molecule has 1 fully saturated rings. The lowest BCUT2D eigenvalue weighted by molar-refractivity contribution is -0.134. The van der Waals surface area contributed by atoms with Crippen molar-refractivity contribution in [3.63, 3.8) is 0 Å². The Hall–Kier alpha value is -4.07. The number of aryl methyl sites for hydroxylation is 1. The molecule has 2 amide bonds. The van der Waals surface area contributed by atoms with Crippen LogP contribution in [0.2, 0.25) is 0 Å². The minimum atomic E-state index is -0.162. The average Bonchev–Trinajstić information content (AvgIpc) is 3.39. The van der Waals surface area contributed by atoms with E-state index >= 15 is 0 Å². The first-order valence-electron chi connectivity index (χ1n) is 12.2. The summed E-state index contributed by atoms with van der Waals surface area (Å²) >= 11 is 0. The van der Waals surface area contributed by atoms with Gasteiger partial charge in [0.1, 0.15) is 5.75 Å². The number of nitrogens with one attached hydrogen (secondary N) is 1. The molecule has 1 N–H and O–H groups in total. The highest BCUT2D eigenvalue weighted by Gasteiger charge is 2.28. The smallest absolute Gasteiger partial charge is 0.260 e. The van der Waals surface area contributed by atoms with E-state index in [9.17, 15) is 9.59 Å². The summed E-state index contributed by atoms with van der Waals surface area (Å²) in [7, 11) is 0. The van der Waals surface area contributed by atoms with Gasteiger partial charge < -0.3 is 24.4 Å². The molecule has 0 atom stereocenters. The highest BCUT2D eigenvalue weighted by molar-refractivity contribution is 5.95. The first-order valence-corrected chi connectivity index (χ1v) is 12.2. The molecule has 2 aliphatic heterocycles. The van der Waals surface area contributed by atoms with Crippen molar-refractivity contribution in [1.29, 1.82) is 0 Å². The maximum absolute atomic E-state index is 13.1. The van der Waals surface area contributed by atoms with Gasteiger partial charge >= 0.3 is 0 Å². The third-order valence-electron chi connectivity index (χ3n) is 6.54. The van der Waals surface area contributed by atoms with Crippen LogP contribution in [-0.4, -0.2) is 48.2 Å². The predicted molar refractivity (Wildman–Crippen MR) is 133 cm³/mol. The third kappa shape index (κ3) is 5.43. The summed E-state index contributed by atoms with van der Waals surface area (Å²) in [5, 5.41) is 3.01. The van der Waals surface area contributed by atoms with Crippen LogP contribution >= 0.6 is 0 Å². The summed E-state index contributed by atoms with van der Waals surface area (Å²) in [6, 6.07) is 18.7. The fourth-order valence-corrected chi connectivity index (χ4v) is 4.56. The van der Waals surface area contributed by atoms with Crippen LogP contribution in [0.25, 0.3) is 0 Å². The topological polar surface area (TPSA) is 90.0 Å². The van der Waals surface area contributed by atoms with Gasteiger partial charge in [-0.05, 0) is 61.7 Å². The number of fused-ring (bicyclic) bond motifs is 1. The maximum Gasteiger partial charge on any atom is 0.260 e. The van der Waals surface area contributed by atoms with E-state index < -0.39 is 0 Å². The van der Waals surface area contributed by atoms with Gasteiger partial charge in [0.25, 0.3) is 11.8 Å². The SMILES string of the molecule is Cc1ccc(C(=O)NCc2ccc3c(c2)OCO3)c(C2CCN(C(=O)COc3ccccc3)CC2)n1. The number of amides is 2. The van der Waals surface area contributed by atoms with E-state index in [0.717, 1.165) is 29.8 Å². The van der Waals surface area contributed by atoms with E-state index in [1.54, 1.807) is 0 Å². The molecule has 8 nitrogen and oxygen atoms in total. The van der Waals surface area contributed by atoms with Crippen molar-refractivity contribution in [2.45, 2.75) is 32.2 Å². The van der Waals surface area contributed by atoms with Crippen LogP contribution in [0.4, 0.5) is 0 Å². The van der Waals surface area contributed by atoms with Crippen molar-refractivity contribution < 1.29 is 23.8 Å².